The largest absolute Gasteiger partial charge is 0.477 e. The second kappa shape index (κ2) is 6.01. The van der Waals surface area contributed by atoms with Gasteiger partial charge in [0.25, 0.3) is 10.0 Å². The molecule has 2 rings (SSSR count). The Morgan fingerprint density at radius 2 is 1.95 bits per heavy atom. The van der Waals surface area contributed by atoms with Crippen molar-refractivity contribution >= 4 is 21.7 Å². The van der Waals surface area contributed by atoms with E-state index in [9.17, 15) is 13.2 Å². The van der Waals surface area contributed by atoms with Crippen molar-refractivity contribution in [1.29, 1.82) is 0 Å². The summed E-state index contributed by atoms with van der Waals surface area (Å²) in [5.74, 6) is -1.15. The Hall–Kier alpha value is -2.28. The zero-order valence-corrected chi connectivity index (χ0v) is 12.3. The number of nitrogens with zero attached hydrogens (tertiary/aromatic N) is 1. The van der Waals surface area contributed by atoms with Gasteiger partial charge in [0.15, 0.2) is 0 Å². The monoisotopic (exact) mass is 308 g/mol. The number of sulfonamides is 1. The number of anilines is 1. The highest BCUT2D eigenvalue weighted by atomic mass is 32.2. The summed E-state index contributed by atoms with van der Waals surface area (Å²) in [6.07, 6.45) is 2.05. The molecule has 0 aliphatic carbocycles. The van der Waals surface area contributed by atoms with Crippen molar-refractivity contribution in [3.05, 3.63) is 48.3 Å². The number of aromatic nitrogens is 1. The van der Waals surface area contributed by atoms with Crippen LogP contribution in [0.1, 0.15) is 23.8 Å². The number of carboxylic acids is 1. The lowest BCUT2D eigenvalue weighted by atomic mass is 10.3. The topological polar surface area (TPSA) is 88.4 Å². The minimum Gasteiger partial charge on any atom is -0.477 e. The molecule has 0 radical (unpaired) electrons. The van der Waals surface area contributed by atoms with Crippen LogP contribution in [0.15, 0.2) is 47.5 Å². The summed E-state index contributed by atoms with van der Waals surface area (Å²) >= 11 is 0. The van der Waals surface area contributed by atoms with Gasteiger partial charge in [0.2, 0.25) is 0 Å². The summed E-state index contributed by atoms with van der Waals surface area (Å²) in [6, 6.07) is 9.62. The molecule has 0 unspecified atom stereocenters. The number of aromatic carboxylic acids is 1. The smallest absolute Gasteiger partial charge is 0.352 e. The molecule has 0 amide bonds. The molecule has 112 valence electrons. The molecule has 0 atom stereocenters. The van der Waals surface area contributed by atoms with Crippen molar-refractivity contribution in [2.75, 3.05) is 4.72 Å². The maximum absolute atomic E-state index is 12.3. The molecule has 0 spiro atoms. The van der Waals surface area contributed by atoms with E-state index in [4.69, 9.17) is 5.11 Å². The molecule has 0 bridgehead atoms. The Morgan fingerprint density at radius 3 is 2.52 bits per heavy atom. The number of benzene rings is 1. The van der Waals surface area contributed by atoms with Crippen LogP contribution in [0.4, 0.5) is 5.69 Å². The van der Waals surface area contributed by atoms with Crippen molar-refractivity contribution in [2.24, 2.45) is 0 Å². The molecule has 1 heterocycles. The predicted octanol–water partition coefficient (Wildman–Crippen LogP) is 2.40. The van der Waals surface area contributed by atoms with Crippen molar-refractivity contribution in [2.45, 2.75) is 24.8 Å². The lowest BCUT2D eigenvalue weighted by Crippen LogP contribution is -2.12. The number of hydrogen-bond acceptors (Lipinski definition) is 3. The molecular formula is C14H16N2O4S. The second-order valence-corrected chi connectivity index (χ2v) is 6.21. The lowest BCUT2D eigenvalue weighted by molar-refractivity contribution is 0.0685. The number of carboxylic acid groups (broad SMARTS) is 1. The van der Waals surface area contributed by atoms with E-state index in [1.165, 1.54) is 16.8 Å². The van der Waals surface area contributed by atoms with Crippen molar-refractivity contribution in [3.8, 4) is 0 Å². The van der Waals surface area contributed by atoms with Crippen LogP contribution in [0.5, 0.6) is 0 Å². The van der Waals surface area contributed by atoms with Gasteiger partial charge in [-0.15, -0.1) is 0 Å². The number of carbonyl (C=O) groups is 1. The van der Waals surface area contributed by atoms with Gasteiger partial charge in [0.1, 0.15) is 10.6 Å². The minimum atomic E-state index is -3.80. The first-order valence-corrected chi connectivity index (χ1v) is 7.93. The van der Waals surface area contributed by atoms with Gasteiger partial charge in [-0.25, -0.2) is 13.2 Å². The summed E-state index contributed by atoms with van der Waals surface area (Å²) in [5.41, 5.74) is 0.392. The Bertz CT molecular complexity index is 736. The zero-order chi connectivity index (χ0) is 15.5. The maximum Gasteiger partial charge on any atom is 0.352 e. The first-order valence-electron chi connectivity index (χ1n) is 6.45. The van der Waals surface area contributed by atoms with Crippen molar-refractivity contribution in [3.63, 3.8) is 0 Å². The van der Waals surface area contributed by atoms with Crippen molar-refractivity contribution in [1.82, 2.24) is 4.57 Å². The number of rotatable bonds is 6. The molecule has 0 aliphatic heterocycles. The molecule has 2 aromatic rings. The average Bonchev–Trinajstić information content (AvgIpc) is 2.85. The first kappa shape index (κ1) is 15.1. The fourth-order valence-corrected chi connectivity index (χ4v) is 3.05. The Morgan fingerprint density at radius 1 is 1.29 bits per heavy atom. The molecule has 7 heteroatoms. The van der Waals surface area contributed by atoms with E-state index < -0.39 is 16.0 Å². The number of aryl methyl sites for hydroxylation is 1. The number of para-hydroxylation sites is 1. The second-order valence-electron chi connectivity index (χ2n) is 4.53. The molecule has 0 aliphatic rings. The SMILES string of the molecule is CCCn1cc(S(=O)(=O)Nc2ccccc2)cc1C(=O)O. The highest BCUT2D eigenvalue weighted by molar-refractivity contribution is 7.92. The highest BCUT2D eigenvalue weighted by Gasteiger charge is 2.21. The lowest BCUT2D eigenvalue weighted by Gasteiger charge is -2.05. The average molecular weight is 308 g/mol. The summed E-state index contributed by atoms with van der Waals surface area (Å²) in [6.45, 7) is 2.34. The van der Waals surface area contributed by atoms with Crippen molar-refractivity contribution < 1.29 is 18.3 Å². The molecule has 1 aromatic heterocycles. The van der Waals surface area contributed by atoms with Gasteiger partial charge >= 0.3 is 5.97 Å². The van der Waals surface area contributed by atoms with Crippen LogP contribution in [-0.2, 0) is 16.6 Å². The summed E-state index contributed by atoms with van der Waals surface area (Å²) < 4.78 is 28.4. The van der Waals surface area contributed by atoms with Crippen LogP contribution < -0.4 is 4.72 Å². The molecule has 0 saturated carbocycles. The first-order chi connectivity index (χ1) is 9.94. The summed E-state index contributed by atoms with van der Waals surface area (Å²) in [4.78, 5) is 11.1. The molecule has 2 N–H and O–H groups in total. The van der Waals surface area contributed by atoms with E-state index in [1.54, 1.807) is 30.3 Å². The van der Waals surface area contributed by atoms with Gasteiger partial charge in [-0.2, -0.15) is 0 Å². The third-order valence-corrected chi connectivity index (χ3v) is 4.24. The molecule has 21 heavy (non-hydrogen) atoms. The standard InChI is InChI=1S/C14H16N2O4S/c1-2-8-16-10-12(9-13(16)14(17)18)21(19,20)15-11-6-4-3-5-7-11/h3-7,9-10,15H,2,8H2,1H3,(H,17,18). The molecule has 0 fully saturated rings. The fraction of sp³-hybridized carbons (Fsp3) is 0.214. The number of nitrogens with one attached hydrogen (secondary N) is 1. The van der Waals surface area contributed by atoms with Gasteiger partial charge in [-0.1, -0.05) is 25.1 Å². The third-order valence-electron chi connectivity index (χ3n) is 2.89. The van der Waals surface area contributed by atoms with E-state index in [1.807, 2.05) is 6.92 Å². The third kappa shape index (κ3) is 3.43. The van der Waals surface area contributed by atoms with E-state index in [0.717, 1.165) is 0 Å². The maximum atomic E-state index is 12.3. The van der Waals surface area contributed by atoms with E-state index in [0.29, 0.717) is 18.7 Å². The van der Waals surface area contributed by atoms with Crippen LogP contribution >= 0.6 is 0 Å². The predicted molar refractivity (Wildman–Crippen MR) is 78.9 cm³/mol. The van der Waals surface area contributed by atoms with Crippen LogP contribution in [0.2, 0.25) is 0 Å². The zero-order valence-electron chi connectivity index (χ0n) is 11.5. The van der Waals surface area contributed by atoms with Gasteiger partial charge < -0.3 is 9.67 Å². The minimum absolute atomic E-state index is 0.0368. The summed E-state index contributed by atoms with van der Waals surface area (Å²) in [7, 11) is -3.80. The Labute approximate surface area is 123 Å². The van der Waals surface area contributed by atoms with Crippen LogP contribution in [0.3, 0.4) is 0 Å². The Kier molecular flexibility index (Phi) is 4.32. The number of hydrogen-bond donors (Lipinski definition) is 2. The van der Waals surface area contributed by atoms with Gasteiger partial charge in [0.05, 0.1) is 0 Å². The van der Waals surface area contributed by atoms with Gasteiger partial charge in [-0.05, 0) is 24.6 Å². The van der Waals surface area contributed by atoms with Crippen LogP contribution in [0, 0.1) is 0 Å². The normalized spacial score (nSPS) is 11.3. The van der Waals surface area contributed by atoms with E-state index >= 15 is 0 Å². The molecule has 0 saturated heterocycles. The Balaban J connectivity index is 2.36. The highest BCUT2D eigenvalue weighted by Crippen LogP contribution is 2.19. The van der Waals surface area contributed by atoms with Crippen LogP contribution in [0.25, 0.3) is 0 Å². The van der Waals surface area contributed by atoms with E-state index in [-0.39, 0.29) is 10.6 Å². The van der Waals surface area contributed by atoms with Gasteiger partial charge in [0, 0.05) is 18.4 Å². The van der Waals surface area contributed by atoms with E-state index in [2.05, 4.69) is 4.72 Å². The van der Waals surface area contributed by atoms with Gasteiger partial charge in [-0.3, -0.25) is 4.72 Å². The molecule has 1 aromatic carbocycles. The fourth-order valence-electron chi connectivity index (χ4n) is 1.96. The summed E-state index contributed by atoms with van der Waals surface area (Å²) in [5, 5.41) is 9.13. The van der Waals surface area contributed by atoms with Crippen LogP contribution in [-0.4, -0.2) is 24.1 Å². The molecule has 6 nitrogen and oxygen atoms in total. The quantitative estimate of drug-likeness (QED) is 0.857. The molecular weight excluding hydrogens is 292 g/mol.